The third kappa shape index (κ3) is 6.51. The molecule has 0 atom stereocenters. The van der Waals surface area contributed by atoms with Crippen LogP contribution in [-0.2, 0) is 25.9 Å². The number of thiazole rings is 1. The van der Waals surface area contributed by atoms with E-state index in [0.29, 0.717) is 28.7 Å². The van der Waals surface area contributed by atoms with E-state index in [4.69, 9.17) is 4.74 Å². The van der Waals surface area contributed by atoms with Crippen LogP contribution in [0.5, 0.6) is 11.5 Å². The summed E-state index contributed by atoms with van der Waals surface area (Å²) in [4.78, 5) is 16.2. The standard InChI is InChI=1S/C27H31N3O5S/c1-30(17-21-8-3-4-9-23(21)35-2)16-19-7-5-6-18(14-19)12-13-28-27(33,34)15-20-10-11-22(31)24-25(20)36-26(32)29-24/h3-11,14,28,31,33-34H,12-13,15-17H2,1-2H3,(H,29,32). The van der Waals surface area contributed by atoms with Crippen molar-refractivity contribution in [3.05, 3.63) is 92.6 Å². The fraction of sp³-hybridized carbons (Fsp3) is 0.296. The van der Waals surface area contributed by atoms with Gasteiger partial charge < -0.3 is 25.0 Å². The van der Waals surface area contributed by atoms with Crippen LogP contribution in [0.25, 0.3) is 10.2 Å². The van der Waals surface area contributed by atoms with E-state index in [2.05, 4.69) is 40.4 Å². The maximum atomic E-state index is 11.7. The number of aromatic amines is 1. The Morgan fingerprint density at radius 1 is 1.03 bits per heavy atom. The molecule has 1 aromatic heterocycles. The summed E-state index contributed by atoms with van der Waals surface area (Å²) in [6.07, 6.45) is 0.473. The second kappa shape index (κ2) is 11.2. The van der Waals surface area contributed by atoms with E-state index < -0.39 is 5.91 Å². The summed E-state index contributed by atoms with van der Waals surface area (Å²) < 4.78 is 5.96. The average molecular weight is 510 g/mol. The van der Waals surface area contributed by atoms with Crippen LogP contribution in [0.15, 0.2) is 65.5 Å². The molecular weight excluding hydrogens is 478 g/mol. The fourth-order valence-corrected chi connectivity index (χ4v) is 5.19. The minimum Gasteiger partial charge on any atom is -0.506 e. The number of nitrogens with one attached hydrogen (secondary N) is 2. The van der Waals surface area contributed by atoms with Gasteiger partial charge in [-0.25, -0.2) is 0 Å². The summed E-state index contributed by atoms with van der Waals surface area (Å²) in [7, 11) is 3.74. The SMILES string of the molecule is COc1ccccc1CN(C)Cc1cccc(CCNC(O)(O)Cc2ccc(O)c3[nH]c(=O)sc23)c1. The predicted molar refractivity (Wildman–Crippen MR) is 141 cm³/mol. The second-order valence-corrected chi connectivity index (χ2v) is 9.92. The number of para-hydroxylation sites is 1. The van der Waals surface area contributed by atoms with Gasteiger partial charge in [-0.2, -0.15) is 0 Å². The highest BCUT2D eigenvalue weighted by Gasteiger charge is 2.25. The zero-order valence-corrected chi connectivity index (χ0v) is 21.1. The van der Waals surface area contributed by atoms with Gasteiger partial charge in [-0.05, 0) is 42.3 Å². The Balaban J connectivity index is 1.33. The molecule has 0 bridgehead atoms. The van der Waals surface area contributed by atoms with E-state index in [1.807, 2.05) is 30.3 Å². The number of aliphatic hydroxyl groups is 2. The molecule has 36 heavy (non-hydrogen) atoms. The Morgan fingerprint density at radius 2 is 1.81 bits per heavy atom. The lowest BCUT2D eigenvalue weighted by atomic mass is 10.1. The first kappa shape index (κ1) is 25.9. The molecule has 3 aromatic carbocycles. The van der Waals surface area contributed by atoms with Crippen molar-refractivity contribution in [1.82, 2.24) is 15.2 Å². The molecule has 0 saturated carbocycles. The maximum Gasteiger partial charge on any atom is 0.305 e. The molecule has 8 nitrogen and oxygen atoms in total. The van der Waals surface area contributed by atoms with Gasteiger partial charge in [-0.15, -0.1) is 0 Å². The van der Waals surface area contributed by atoms with Crippen LogP contribution in [-0.4, -0.2) is 51.8 Å². The Morgan fingerprint density at radius 3 is 2.61 bits per heavy atom. The number of benzene rings is 3. The number of fused-ring (bicyclic) bond motifs is 1. The molecule has 0 amide bonds. The van der Waals surface area contributed by atoms with Gasteiger partial charge in [-0.3, -0.25) is 15.0 Å². The number of methoxy groups -OCH3 is 1. The summed E-state index contributed by atoms with van der Waals surface area (Å²) in [6.45, 7) is 1.87. The number of nitrogens with zero attached hydrogens (tertiary/aromatic N) is 1. The monoisotopic (exact) mass is 509 g/mol. The van der Waals surface area contributed by atoms with Crippen molar-refractivity contribution in [1.29, 1.82) is 0 Å². The first-order valence-electron chi connectivity index (χ1n) is 11.7. The fourth-order valence-electron chi connectivity index (χ4n) is 4.32. The number of phenolic OH excluding ortho intramolecular Hbond substituents is 1. The molecular formula is C27H31N3O5S. The lowest BCUT2D eigenvalue weighted by Crippen LogP contribution is -2.47. The van der Waals surface area contributed by atoms with Crippen LogP contribution in [0.3, 0.4) is 0 Å². The van der Waals surface area contributed by atoms with Crippen LogP contribution in [0, 0.1) is 0 Å². The zero-order chi connectivity index (χ0) is 25.7. The zero-order valence-electron chi connectivity index (χ0n) is 20.3. The van der Waals surface area contributed by atoms with Crippen molar-refractivity contribution in [3.8, 4) is 11.5 Å². The van der Waals surface area contributed by atoms with Crippen molar-refractivity contribution in [2.75, 3.05) is 20.7 Å². The van der Waals surface area contributed by atoms with Crippen LogP contribution < -0.4 is 14.9 Å². The van der Waals surface area contributed by atoms with Gasteiger partial charge in [0.25, 0.3) is 0 Å². The largest absolute Gasteiger partial charge is 0.506 e. The molecule has 0 fully saturated rings. The van der Waals surface area contributed by atoms with Crippen molar-refractivity contribution >= 4 is 21.6 Å². The molecule has 0 radical (unpaired) electrons. The summed E-state index contributed by atoms with van der Waals surface area (Å²) in [5, 5.41) is 33.8. The highest BCUT2D eigenvalue weighted by Crippen LogP contribution is 2.29. The minimum atomic E-state index is -2.16. The molecule has 4 rings (SSSR count). The Kier molecular flexibility index (Phi) is 8.07. The van der Waals surface area contributed by atoms with Gasteiger partial charge in [-0.1, -0.05) is 59.9 Å². The predicted octanol–water partition coefficient (Wildman–Crippen LogP) is 2.95. The molecule has 5 N–H and O–H groups in total. The molecule has 1 heterocycles. The molecule has 4 aromatic rings. The Bertz CT molecular complexity index is 1380. The number of phenols is 1. The number of ether oxygens (including phenoxy) is 1. The van der Waals surface area contributed by atoms with Crippen molar-refractivity contribution < 1.29 is 20.1 Å². The Hall–Kier alpha value is -3.21. The number of rotatable bonds is 11. The molecule has 0 aliphatic heterocycles. The maximum absolute atomic E-state index is 11.7. The van der Waals surface area contributed by atoms with Gasteiger partial charge in [0.15, 0.2) is 0 Å². The van der Waals surface area contributed by atoms with E-state index >= 15 is 0 Å². The van der Waals surface area contributed by atoms with Gasteiger partial charge in [0.05, 0.1) is 11.8 Å². The molecule has 0 aliphatic carbocycles. The first-order chi connectivity index (χ1) is 17.2. The number of H-pyrrole nitrogens is 1. The molecule has 0 spiro atoms. The van der Waals surface area contributed by atoms with Gasteiger partial charge >= 0.3 is 4.87 Å². The number of hydrogen-bond donors (Lipinski definition) is 5. The van der Waals surface area contributed by atoms with E-state index in [0.717, 1.165) is 46.9 Å². The number of hydrogen-bond acceptors (Lipinski definition) is 8. The summed E-state index contributed by atoms with van der Waals surface area (Å²) in [5.74, 6) is -1.34. The first-order valence-corrected chi connectivity index (χ1v) is 12.5. The molecule has 0 saturated heterocycles. The quantitative estimate of drug-likeness (QED) is 0.197. The van der Waals surface area contributed by atoms with E-state index in [-0.39, 0.29) is 17.0 Å². The highest BCUT2D eigenvalue weighted by molar-refractivity contribution is 7.16. The van der Waals surface area contributed by atoms with Gasteiger partial charge in [0.2, 0.25) is 5.91 Å². The van der Waals surface area contributed by atoms with Crippen LogP contribution in [0.1, 0.15) is 22.3 Å². The molecule has 9 heteroatoms. The lowest BCUT2D eigenvalue weighted by Gasteiger charge is -2.23. The van der Waals surface area contributed by atoms with Crippen molar-refractivity contribution in [3.63, 3.8) is 0 Å². The topological polar surface area (TPSA) is 118 Å². The summed E-state index contributed by atoms with van der Waals surface area (Å²) in [5.41, 5.74) is 4.24. The number of aromatic hydroxyl groups is 1. The molecule has 0 unspecified atom stereocenters. The van der Waals surface area contributed by atoms with Gasteiger partial charge in [0.1, 0.15) is 17.0 Å². The third-order valence-electron chi connectivity index (χ3n) is 5.97. The smallest absolute Gasteiger partial charge is 0.305 e. The van der Waals surface area contributed by atoms with Crippen molar-refractivity contribution in [2.24, 2.45) is 0 Å². The summed E-state index contributed by atoms with van der Waals surface area (Å²) in [6, 6.07) is 19.2. The van der Waals surface area contributed by atoms with Crippen molar-refractivity contribution in [2.45, 2.75) is 31.8 Å². The van der Waals surface area contributed by atoms with Crippen LogP contribution in [0.4, 0.5) is 0 Å². The lowest BCUT2D eigenvalue weighted by molar-refractivity contribution is -0.183. The normalized spacial score (nSPS) is 11.9. The molecule has 190 valence electrons. The van der Waals surface area contributed by atoms with Gasteiger partial charge in [0, 0.05) is 31.6 Å². The van der Waals surface area contributed by atoms with E-state index in [1.54, 1.807) is 13.2 Å². The molecule has 0 aliphatic rings. The minimum absolute atomic E-state index is 0.0463. The van der Waals surface area contributed by atoms with E-state index in [1.165, 1.54) is 6.07 Å². The number of aromatic nitrogens is 1. The van der Waals surface area contributed by atoms with E-state index in [9.17, 15) is 20.1 Å². The summed E-state index contributed by atoms with van der Waals surface area (Å²) >= 11 is 0.931. The third-order valence-corrected chi connectivity index (χ3v) is 6.93. The second-order valence-electron chi connectivity index (χ2n) is 8.94. The Labute approximate surface area is 213 Å². The average Bonchev–Trinajstić information content (AvgIpc) is 3.24. The highest BCUT2D eigenvalue weighted by atomic mass is 32.1. The van der Waals surface area contributed by atoms with Crippen LogP contribution >= 0.6 is 11.3 Å². The van der Waals surface area contributed by atoms with Crippen LogP contribution in [0.2, 0.25) is 0 Å².